The minimum atomic E-state index is -0.260. The van der Waals surface area contributed by atoms with Crippen molar-refractivity contribution in [3.05, 3.63) is 57.8 Å². The molecule has 160 valence electrons. The monoisotopic (exact) mass is 473 g/mol. The molecule has 0 aliphatic heterocycles. The molecule has 30 heavy (non-hydrogen) atoms. The highest BCUT2D eigenvalue weighted by atomic mass is 79.9. The van der Waals surface area contributed by atoms with Crippen molar-refractivity contribution in [1.82, 2.24) is 5.32 Å². The zero-order chi connectivity index (χ0) is 20.7. The Bertz CT molecular complexity index is 890. The first-order chi connectivity index (χ1) is 14.6. The van der Waals surface area contributed by atoms with Crippen LogP contribution in [0.3, 0.4) is 0 Å². The van der Waals surface area contributed by atoms with Crippen LogP contribution >= 0.6 is 15.9 Å². The number of hydrogen-bond donors (Lipinski definition) is 1. The van der Waals surface area contributed by atoms with Crippen LogP contribution in [0.4, 0.5) is 4.39 Å². The van der Waals surface area contributed by atoms with E-state index in [9.17, 15) is 4.39 Å². The van der Waals surface area contributed by atoms with E-state index in [0.29, 0.717) is 23.1 Å². The van der Waals surface area contributed by atoms with Gasteiger partial charge in [0.1, 0.15) is 12.4 Å². The van der Waals surface area contributed by atoms with Gasteiger partial charge in [-0.15, -0.1) is 0 Å². The number of rotatable bonds is 7. The highest BCUT2D eigenvalue weighted by molar-refractivity contribution is 9.10. The van der Waals surface area contributed by atoms with E-state index in [2.05, 4.69) is 27.3 Å². The van der Waals surface area contributed by atoms with E-state index in [1.165, 1.54) is 43.7 Å². The van der Waals surface area contributed by atoms with Gasteiger partial charge in [-0.25, -0.2) is 4.39 Å². The Hall–Kier alpha value is -1.59. The second-order valence-electron chi connectivity index (χ2n) is 9.33. The lowest BCUT2D eigenvalue weighted by atomic mass is 9.54. The Balaban J connectivity index is 1.26. The standard InChI is InChI=1S/C25H29BrFNO2/c1-29-23-12-17(11-21(26)25(23)30-14-18-4-2-3-5-22(18)27)13-28-24-19-7-15-6-16(9-19)10-20(24)8-15/h2-5,11-12,15-16,19-20,24,28H,6-10,13-14H2,1H3. The number of benzene rings is 2. The lowest BCUT2D eigenvalue weighted by Gasteiger charge is -2.54. The third-order valence-electron chi connectivity index (χ3n) is 7.39. The van der Waals surface area contributed by atoms with Crippen LogP contribution in [0.2, 0.25) is 0 Å². The summed E-state index contributed by atoms with van der Waals surface area (Å²) < 4.78 is 26.3. The van der Waals surface area contributed by atoms with Crippen LogP contribution < -0.4 is 14.8 Å². The maximum atomic E-state index is 13.9. The fraction of sp³-hybridized carbons (Fsp3) is 0.520. The molecule has 4 saturated carbocycles. The Labute approximate surface area is 186 Å². The molecule has 2 aromatic rings. The second kappa shape index (κ2) is 8.51. The van der Waals surface area contributed by atoms with Gasteiger partial charge in [0.25, 0.3) is 0 Å². The number of nitrogens with one attached hydrogen (secondary N) is 1. The van der Waals surface area contributed by atoms with Gasteiger partial charge in [0, 0.05) is 18.2 Å². The molecule has 1 N–H and O–H groups in total. The molecule has 4 aliphatic carbocycles. The summed E-state index contributed by atoms with van der Waals surface area (Å²) in [6.07, 6.45) is 7.15. The summed E-state index contributed by atoms with van der Waals surface area (Å²) in [6.45, 7) is 0.989. The molecule has 0 atom stereocenters. The number of halogens is 2. The lowest BCUT2D eigenvalue weighted by molar-refractivity contribution is -0.0142. The maximum absolute atomic E-state index is 13.9. The highest BCUT2D eigenvalue weighted by Gasteiger charge is 2.47. The van der Waals surface area contributed by atoms with E-state index in [1.807, 2.05) is 12.1 Å². The zero-order valence-corrected chi connectivity index (χ0v) is 19.0. The molecule has 2 aromatic carbocycles. The number of hydrogen-bond acceptors (Lipinski definition) is 3. The van der Waals surface area contributed by atoms with Crippen molar-refractivity contribution in [3.63, 3.8) is 0 Å². The molecule has 4 bridgehead atoms. The van der Waals surface area contributed by atoms with E-state index < -0.39 is 0 Å². The van der Waals surface area contributed by atoms with Crippen LogP contribution in [0.5, 0.6) is 11.5 Å². The second-order valence-corrected chi connectivity index (χ2v) is 10.2. The van der Waals surface area contributed by atoms with Gasteiger partial charge in [0.2, 0.25) is 0 Å². The van der Waals surface area contributed by atoms with Gasteiger partial charge in [-0.05, 0) is 95.5 Å². The summed E-state index contributed by atoms with van der Waals surface area (Å²) >= 11 is 3.63. The van der Waals surface area contributed by atoms with Crippen molar-refractivity contribution in [2.75, 3.05) is 7.11 Å². The Morgan fingerprint density at radius 2 is 1.73 bits per heavy atom. The molecule has 4 fully saturated rings. The van der Waals surface area contributed by atoms with Gasteiger partial charge in [-0.1, -0.05) is 18.2 Å². The third kappa shape index (κ3) is 3.99. The van der Waals surface area contributed by atoms with Crippen molar-refractivity contribution in [3.8, 4) is 11.5 Å². The van der Waals surface area contributed by atoms with Crippen LogP contribution in [0.15, 0.2) is 40.9 Å². The molecule has 0 unspecified atom stereocenters. The van der Waals surface area contributed by atoms with Crippen molar-refractivity contribution >= 4 is 15.9 Å². The molecule has 3 nitrogen and oxygen atoms in total. The molecule has 6 rings (SSSR count). The molecule has 0 aromatic heterocycles. The van der Waals surface area contributed by atoms with Crippen molar-refractivity contribution in [2.45, 2.75) is 51.3 Å². The molecule has 0 spiro atoms. The number of methoxy groups -OCH3 is 1. The van der Waals surface area contributed by atoms with Gasteiger partial charge in [0.05, 0.1) is 11.6 Å². The molecular formula is C25H29BrFNO2. The molecule has 0 heterocycles. The summed E-state index contributed by atoms with van der Waals surface area (Å²) in [7, 11) is 1.65. The van der Waals surface area contributed by atoms with Crippen molar-refractivity contribution in [1.29, 1.82) is 0 Å². The first-order valence-electron chi connectivity index (χ1n) is 11.1. The van der Waals surface area contributed by atoms with Crippen LogP contribution in [0.25, 0.3) is 0 Å². The van der Waals surface area contributed by atoms with Crippen LogP contribution in [0.1, 0.15) is 43.2 Å². The fourth-order valence-corrected chi connectivity index (χ4v) is 6.88. The predicted octanol–water partition coefficient (Wildman–Crippen LogP) is 6.09. The highest BCUT2D eigenvalue weighted by Crippen LogP contribution is 2.53. The van der Waals surface area contributed by atoms with E-state index in [1.54, 1.807) is 19.2 Å². The van der Waals surface area contributed by atoms with Gasteiger partial charge < -0.3 is 14.8 Å². The summed E-state index contributed by atoms with van der Waals surface area (Å²) in [5, 5.41) is 3.88. The average Bonchev–Trinajstić information content (AvgIpc) is 2.72. The molecular weight excluding hydrogens is 445 g/mol. The van der Waals surface area contributed by atoms with Crippen LogP contribution in [-0.2, 0) is 13.2 Å². The van der Waals surface area contributed by atoms with Crippen LogP contribution in [-0.4, -0.2) is 13.2 Å². The summed E-state index contributed by atoms with van der Waals surface area (Å²) in [5.74, 6) is 4.71. The lowest BCUT2D eigenvalue weighted by Crippen LogP contribution is -2.54. The van der Waals surface area contributed by atoms with Crippen LogP contribution in [0, 0.1) is 29.5 Å². The topological polar surface area (TPSA) is 30.5 Å². The zero-order valence-electron chi connectivity index (χ0n) is 17.4. The van der Waals surface area contributed by atoms with Gasteiger partial charge >= 0.3 is 0 Å². The normalized spacial score (nSPS) is 29.2. The molecule has 4 aliphatic rings. The van der Waals surface area contributed by atoms with E-state index in [-0.39, 0.29) is 12.4 Å². The quantitative estimate of drug-likeness (QED) is 0.527. The summed E-state index contributed by atoms with van der Waals surface area (Å²) in [5.41, 5.74) is 1.70. The molecule has 0 amide bonds. The summed E-state index contributed by atoms with van der Waals surface area (Å²) in [4.78, 5) is 0. The Morgan fingerprint density at radius 3 is 2.40 bits per heavy atom. The van der Waals surface area contributed by atoms with Gasteiger partial charge in [-0.3, -0.25) is 0 Å². The van der Waals surface area contributed by atoms with Gasteiger partial charge in [0.15, 0.2) is 11.5 Å². The SMILES string of the molecule is COc1cc(CNC2C3CC4CC(C3)CC2C4)cc(Br)c1OCc1ccccc1F. The first kappa shape index (κ1) is 20.3. The third-order valence-corrected chi connectivity index (χ3v) is 7.98. The average molecular weight is 474 g/mol. The van der Waals surface area contributed by atoms with Gasteiger partial charge in [-0.2, -0.15) is 0 Å². The van der Waals surface area contributed by atoms with Crippen molar-refractivity contribution < 1.29 is 13.9 Å². The fourth-order valence-electron chi connectivity index (χ4n) is 6.27. The molecule has 0 saturated heterocycles. The molecule has 5 heteroatoms. The minimum absolute atomic E-state index is 0.160. The smallest absolute Gasteiger partial charge is 0.175 e. The minimum Gasteiger partial charge on any atom is -0.493 e. The van der Waals surface area contributed by atoms with Crippen molar-refractivity contribution in [2.24, 2.45) is 23.7 Å². The predicted molar refractivity (Wildman–Crippen MR) is 119 cm³/mol. The Kier molecular flexibility index (Phi) is 5.76. The van der Waals surface area contributed by atoms with E-state index in [0.717, 1.165) is 34.7 Å². The summed E-state index contributed by atoms with van der Waals surface area (Å²) in [6, 6.07) is 11.4. The Morgan fingerprint density at radius 1 is 1.03 bits per heavy atom. The van der Waals surface area contributed by atoms with E-state index >= 15 is 0 Å². The maximum Gasteiger partial charge on any atom is 0.175 e. The largest absolute Gasteiger partial charge is 0.493 e. The molecule has 0 radical (unpaired) electrons. The first-order valence-corrected chi connectivity index (χ1v) is 11.9. The van der Waals surface area contributed by atoms with E-state index in [4.69, 9.17) is 9.47 Å². The number of ether oxygens (including phenoxy) is 2.